The van der Waals surface area contributed by atoms with Gasteiger partial charge in [0.2, 0.25) is 0 Å². The predicted molar refractivity (Wildman–Crippen MR) is 77.4 cm³/mol. The first-order chi connectivity index (χ1) is 7.70. The Morgan fingerprint density at radius 1 is 1.12 bits per heavy atom. The van der Waals surface area contributed by atoms with Crippen molar-refractivity contribution in [2.24, 2.45) is 0 Å². The molecule has 0 atom stereocenters. The molecule has 1 saturated carbocycles. The molecule has 0 aliphatic heterocycles. The van der Waals surface area contributed by atoms with Crippen LogP contribution in [0.2, 0.25) is 0 Å². The van der Waals surface area contributed by atoms with Crippen molar-refractivity contribution < 1.29 is 4.74 Å². The molecule has 1 aliphatic carbocycles. The standard InChI is InChI=1S/C12H13Br3O/c13-7-8-5-10(14)12(11(15)6-8)16-9-3-1-2-4-9/h5-6,9H,1-4,7H2. The molecule has 1 aromatic rings. The van der Waals surface area contributed by atoms with Gasteiger partial charge in [0.15, 0.2) is 0 Å². The van der Waals surface area contributed by atoms with Crippen molar-refractivity contribution in [3.63, 3.8) is 0 Å². The van der Waals surface area contributed by atoms with Gasteiger partial charge in [0, 0.05) is 5.33 Å². The zero-order valence-corrected chi connectivity index (χ0v) is 13.6. The number of hydrogen-bond donors (Lipinski definition) is 0. The van der Waals surface area contributed by atoms with Gasteiger partial charge >= 0.3 is 0 Å². The molecule has 1 aromatic carbocycles. The zero-order chi connectivity index (χ0) is 11.5. The molecule has 0 saturated heterocycles. The van der Waals surface area contributed by atoms with Gasteiger partial charge < -0.3 is 4.74 Å². The fourth-order valence-electron chi connectivity index (χ4n) is 1.97. The van der Waals surface area contributed by atoms with Crippen LogP contribution in [0.5, 0.6) is 5.75 Å². The summed E-state index contributed by atoms with van der Waals surface area (Å²) in [5.41, 5.74) is 1.23. The van der Waals surface area contributed by atoms with Gasteiger partial charge in [0.25, 0.3) is 0 Å². The fourth-order valence-corrected chi connectivity index (χ4v) is 3.77. The average molecular weight is 413 g/mol. The van der Waals surface area contributed by atoms with Gasteiger partial charge in [0.1, 0.15) is 5.75 Å². The summed E-state index contributed by atoms with van der Waals surface area (Å²) in [5, 5.41) is 0.855. The van der Waals surface area contributed by atoms with Crippen LogP contribution in [0.25, 0.3) is 0 Å². The molecule has 16 heavy (non-hydrogen) atoms. The monoisotopic (exact) mass is 410 g/mol. The van der Waals surface area contributed by atoms with Crippen LogP contribution in [0.4, 0.5) is 0 Å². The van der Waals surface area contributed by atoms with Gasteiger partial charge in [0.05, 0.1) is 15.0 Å². The molecular weight excluding hydrogens is 400 g/mol. The van der Waals surface area contributed by atoms with Gasteiger partial charge in [-0.2, -0.15) is 0 Å². The summed E-state index contributed by atoms with van der Waals surface area (Å²) >= 11 is 10.6. The van der Waals surface area contributed by atoms with Crippen molar-refractivity contribution in [2.45, 2.75) is 37.1 Å². The molecule has 0 spiro atoms. The molecule has 0 amide bonds. The SMILES string of the molecule is BrCc1cc(Br)c(OC2CCCC2)c(Br)c1. The van der Waals surface area contributed by atoms with E-state index < -0.39 is 0 Å². The first kappa shape index (κ1) is 12.9. The van der Waals surface area contributed by atoms with Crippen LogP contribution in [-0.2, 0) is 5.33 Å². The topological polar surface area (TPSA) is 9.23 Å². The van der Waals surface area contributed by atoms with Crippen molar-refractivity contribution in [3.8, 4) is 5.75 Å². The largest absolute Gasteiger partial charge is 0.488 e. The van der Waals surface area contributed by atoms with Crippen LogP contribution in [0.1, 0.15) is 31.2 Å². The molecule has 0 N–H and O–H groups in total. The Kier molecular flexibility index (Phi) is 4.74. The average Bonchev–Trinajstić information content (AvgIpc) is 2.75. The van der Waals surface area contributed by atoms with E-state index in [1.165, 1.54) is 31.2 Å². The smallest absolute Gasteiger partial charge is 0.148 e. The molecule has 88 valence electrons. The van der Waals surface area contributed by atoms with E-state index in [4.69, 9.17) is 4.74 Å². The molecule has 0 bridgehead atoms. The Labute approximate surface area is 121 Å². The summed E-state index contributed by atoms with van der Waals surface area (Å²) in [4.78, 5) is 0. The van der Waals surface area contributed by atoms with E-state index >= 15 is 0 Å². The van der Waals surface area contributed by atoms with Crippen LogP contribution < -0.4 is 4.74 Å². The number of alkyl halides is 1. The lowest BCUT2D eigenvalue weighted by molar-refractivity contribution is 0.207. The zero-order valence-electron chi connectivity index (χ0n) is 8.81. The van der Waals surface area contributed by atoms with Gasteiger partial charge in [-0.1, -0.05) is 15.9 Å². The maximum Gasteiger partial charge on any atom is 0.148 e. The molecule has 2 rings (SSSR count). The van der Waals surface area contributed by atoms with Crippen molar-refractivity contribution in [2.75, 3.05) is 0 Å². The maximum atomic E-state index is 6.03. The minimum absolute atomic E-state index is 0.391. The Balaban J connectivity index is 2.19. The normalized spacial score (nSPS) is 16.7. The lowest BCUT2D eigenvalue weighted by Gasteiger charge is -2.16. The molecular formula is C12H13Br3O. The Morgan fingerprint density at radius 2 is 1.69 bits per heavy atom. The number of rotatable bonds is 3. The second kappa shape index (κ2) is 5.87. The third-order valence-corrected chi connectivity index (χ3v) is 4.62. The number of hydrogen-bond acceptors (Lipinski definition) is 1. The second-order valence-corrected chi connectivity index (χ2v) is 6.32. The van der Waals surface area contributed by atoms with E-state index in [-0.39, 0.29) is 0 Å². The molecule has 1 nitrogen and oxygen atoms in total. The van der Waals surface area contributed by atoms with E-state index in [9.17, 15) is 0 Å². The first-order valence-corrected chi connectivity index (χ1v) is 8.12. The minimum atomic E-state index is 0.391. The summed E-state index contributed by atoms with van der Waals surface area (Å²) in [7, 11) is 0. The highest BCUT2D eigenvalue weighted by atomic mass is 79.9. The summed E-state index contributed by atoms with van der Waals surface area (Å²) in [5.74, 6) is 0.941. The summed E-state index contributed by atoms with van der Waals surface area (Å²) in [6, 6.07) is 4.20. The lowest BCUT2D eigenvalue weighted by atomic mass is 10.2. The van der Waals surface area contributed by atoms with E-state index in [0.29, 0.717) is 6.10 Å². The molecule has 1 aliphatic rings. The van der Waals surface area contributed by atoms with Crippen molar-refractivity contribution in [1.82, 2.24) is 0 Å². The van der Waals surface area contributed by atoms with Crippen molar-refractivity contribution >= 4 is 47.8 Å². The highest BCUT2D eigenvalue weighted by Gasteiger charge is 2.19. The highest BCUT2D eigenvalue weighted by Crippen LogP contribution is 2.37. The number of benzene rings is 1. The quantitative estimate of drug-likeness (QED) is 0.601. The van der Waals surface area contributed by atoms with Gasteiger partial charge in [-0.25, -0.2) is 0 Å². The first-order valence-electron chi connectivity index (χ1n) is 5.41. The number of ether oxygens (including phenoxy) is 1. The van der Waals surface area contributed by atoms with E-state index in [1.807, 2.05) is 0 Å². The van der Waals surface area contributed by atoms with Crippen LogP contribution in [0.15, 0.2) is 21.1 Å². The Bertz CT molecular complexity index is 350. The Hall–Kier alpha value is 0.460. The van der Waals surface area contributed by atoms with Crippen molar-refractivity contribution in [3.05, 3.63) is 26.6 Å². The Morgan fingerprint density at radius 3 is 2.19 bits per heavy atom. The molecule has 0 aromatic heterocycles. The summed E-state index contributed by atoms with van der Waals surface area (Å²) in [6.45, 7) is 0. The van der Waals surface area contributed by atoms with Gasteiger partial charge in [-0.05, 0) is 75.2 Å². The third-order valence-electron chi connectivity index (χ3n) is 2.80. The van der Waals surface area contributed by atoms with Crippen LogP contribution >= 0.6 is 47.8 Å². The predicted octanol–water partition coefficient (Wildman–Crippen LogP) is 5.43. The highest BCUT2D eigenvalue weighted by molar-refractivity contribution is 9.11. The van der Waals surface area contributed by atoms with Gasteiger partial charge in [-0.3, -0.25) is 0 Å². The molecule has 0 unspecified atom stereocenters. The maximum absolute atomic E-state index is 6.03. The van der Waals surface area contributed by atoms with E-state index in [0.717, 1.165) is 20.0 Å². The molecule has 0 radical (unpaired) electrons. The van der Waals surface area contributed by atoms with Crippen LogP contribution in [-0.4, -0.2) is 6.10 Å². The van der Waals surface area contributed by atoms with Gasteiger partial charge in [-0.15, -0.1) is 0 Å². The van der Waals surface area contributed by atoms with Crippen molar-refractivity contribution in [1.29, 1.82) is 0 Å². The summed E-state index contributed by atoms with van der Waals surface area (Å²) in [6.07, 6.45) is 5.33. The molecule has 4 heteroatoms. The van der Waals surface area contributed by atoms with E-state index in [2.05, 4.69) is 59.9 Å². The second-order valence-electron chi connectivity index (χ2n) is 4.05. The molecule has 1 fully saturated rings. The van der Waals surface area contributed by atoms with Crippen LogP contribution in [0, 0.1) is 0 Å². The number of halogens is 3. The minimum Gasteiger partial charge on any atom is -0.488 e. The fraction of sp³-hybridized carbons (Fsp3) is 0.500. The molecule has 0 heterocycles. The summed E-state index contributed by atoms with van der Waals surface area (Å²) < 4.78 is 8.09. The van der Waals surface area contributed by atoms with E-state index in [1.54, 1.807) is 0 Å². The third kappa shape index (κ3) is 3.02. The van der Waals surface area contributed by atoms with Crippen LogP contribution in [0.3, 0.4) is 0 Å². The lowest BCUT2D eigenvalue weighted by Crippen LogP contribution is -2.11.